The number of hydrogen-bond donors (Lipinski definition) is 1. The molecule has 1 N–H and O–H groups in total. The van der Waals surface area contributed by atoms with Crippen molar-refractivity contribution >= 4 is 17.6 Å². The van der Waals surface area contributed by atoms with Crippen LogP contribution in [0.1, 0.15) is 35.6 Å². The van der Waals surface area contributed by atoms with Crippen LogP contribution in [0, 0.1) is 27.7 Å². The Morgan fingerprint density at radius 2 is 1.63 bits per heavy atom. The Balaban J connectivity index is 1.83. The van der Waals surface area contributed by atoms with Crippen LogP contribution >= 0.6 is 0 Å². The Hall–Kier alpha value is -2.82. The second-order valence-corrected chi connectivity index (χ2v) is 6.76. The van der Waals surface area contributed by atoms with E-state index >= 15 is 0 Å². The summed E-state index contributed by atoms with van der Waals surface area (Å²) < 4.78 is 10.8. The fraction of sp³-hybridized carbons (Fsp3) is 0.364. The fourth-order valence-electron chi connectivity index (χ4n) is 2.87. The van der Waals surface area contributed by atoms with Crippen molar-refractivity contribution < 1.29 is 19.1 Å². The molecule has 144 valence electrons. The van der Waals surface area contributed by atoms with Crippen LogP contribution in [-0.4, -0.2) is 24.6 Å². The molecule has 0 saturated heterocycles. The van der Waals surface area contributed by atoms with Gasteiger partial charge in [-0.15, -0.1) is 0 Å². The summed E-state index contributed by atoms with van der Waals surface area (Å²) in [5.41, 5.74) is 4.85. The van der Waals surface area contributed by atoms with Crippen LogP contribution in [0.5, 0.6) is 5.75 Å². The van der Waals surface area contributed by atoms with Crippen molar-refractivity contribution in [2.45, 2.75) is 47.1 Å². The first-order valence-corrected chi connectivity index (χ1v) is 9.04. The lowest BCUT2D eigenvalue weighted by atomic mass is 10.0. The quantitative estimate of drug-likeness (QED) is 0.741. The van der Waals surface area contributed by atoms with Crippen molar-refractivity contribution in [1.29, 1.82) is 0 Å². The molecule has 2 rings (SSSR count). The molecular formula is C22H27NO4. The number of amides is 1. The van der Waals surface area contributed by atoms with E-state index in [1.807, 2.05) is 64.1 Å². The van der Waals surface area contributed by atoms with Crippen LogP contribution in [0.25, 0.3) is 0 Å². The first-order valence-electron chi connectivity index (χ1n) is 9.04. The topological polar surface area (TPSA) is 64.6 Å². The zero-order valence-electron chi connectivity index (χ0n) is 16.6. The summed E-state index contributed by atoms with van der Waals surface area (Å²) in [7, 11) is 0. The molecule has 1 amide bonds. The number of ether oxygens (including phenoxy) is 2. The van der Waals surface area contributed by atoms with Gasteiger partial charge >= 0.3 is 5.97 Å². The van der Waals surface area contributed by atoms with Gasteiger partial charge in [0.1, 0.15) is 5.75 Å². The van der Waals surface area contributed by atoms with E-state index in [9.17, 15) is 9.59 Å². The van der Waals surface area contributed by atoms with Crippen molar-refractivity contribution in [1.82, 2.24) is 0 Å². The van der Waals surface area contributed by atoms with E-state index in [2.05, 4.69) is 5.32 Å². The number of aryl methyl sites for hydroxylation is 4. The van der Waals surface area contributed by atoms with Crippen molar-refractivity contribution in [3.63, 3.8) is 0 Å². The lowest BCUT2D eigenvalue weighted by Gasteiger charge is -2.17. The third-order valence-electron chi connectivity index (χ3n) is 4.26. The van der Waals surface area contributed by atoms with Gasteiger partial charge in [-0.25, -0.2) is 0 Å². The van der Waals surface area contributed by atoms with E-state index in [-0.39, 0.29) is 18.9 Å². The van der Waals surface area contributed by atoms with E-state index in [1.54, 1.807) is 6.92 Å². The molecule has 1 unspecified atom stereocenters. The molecule has 1 atom stereocenters. The summed E-state index contributed by atoms with van der Waals surface area (Å²) in [6.07, 6.45) is -0.801. The minimum atomic E-state index is -0.879. The molecule has 0 aliphatic carbocycles. The van der Waals surface area contributed by atoms with Crippen LogP contribution in [-0.2, 0) is 14.3 Å². The predicted molar refractivity (Wildman–Crippen MR) is 106 cm³/mol. The molecule has 2 aromatic carbocycles. The molecule has 2 aromatic rings. The lowest BCUT2D eigenvalue weighted by molar-refractivity contribution is -0.153. The zero-order valence-corrected chi connectivity index (χ0v) is 16.6. The van der Waals surface area contributed by atoms with E-state index in [0.29, 0.717) is 0 Å². The molecule has 0 aliphatic heterocycles. The molecule has 5 nitrogen and oxygen atoms in total. The molecule has 0 spiro atoms. The number of para-hydroxylation sites is 1. The van der Waals surface area contributed by atoms with Gasteiger partial charge in [0, 0.05) is 5.69 Å². The maximum absolute atomic E-state index is 12.4. The van der Waals surface area contributed by atoms with Gasteiger partial charge in [0.05, 0.1) is 13.0 Å². The Kier molecular flexibility index (Phi) is 6.99. The van der Waals surface area contributed by atoms with E-state index in [0.717, 1.165) is 33.7 Å². The molecule has 0 saturated carbocycles. The van der Waals surface area contributed by atoms with E-state index in [4.69, 9.17) is 9.47 Å². The fourth-order valence-corrected chi connectivity index (χ4v) is 2.87. The van der Waals surface area contributed by atoms with Gasteiger partial charge in [-0.05, 0) is 57.4 Å². The van der Waals surface area contributed by atoms with Crippen LogP contribution < -0.4 is 10.1 Å². The third kappa shape index (κ3) is 5.84. The molecular weight excluding hydrogens is 342 g/mol. The van der Waals surface area contributed by atoms with Gasteiger partial charge in [-0.2, -0.15) is 0 Å². The number of carbonyl (C=O) groups excluding carboxylic acids is 2. The molecule has 0 bridgehead atoms. The van der Waals surface area contributed by atoms with Crippen molar-refractivity contribution in [2.24, 2.45) is 0 Å². The second-order valence-electron chi connectivity index (χ2n) is 6.76. The standard InChI is InChI=1S/C22H27NO4/c1-14-12-16(3)21(17(4)13-14)23-22(25)18(5)27-20(24)10-11-26-19-9-7-6-8-15(19)2/h6-9,12-13,18H,10-11H2,1-5H3,(H,23,25). The second kappa shape index (κ2) is 9.21. The molecule has 27 heavy (non-hydrogen) atoms. The van der Waals surface area contributed by atoms with E-state index in [1.165, 1.54) is 0 Å². The van der Waals surface area contributed by atoms with Gasteiger partial charge in [0.2, 0.25) is 0 Å². The average Bonchev–Trinajstić information content (AvgIpc) is 2.59. The van der Waals surface area contributed by atoms with Crippen molar-refractivity contribution in [3.8, 4) is 5.75 Å². The van der Waals surface area contributed by atoms with Crippen LogP contribution in [0.3, 0.4) is 0 Å². The number of benzene rings is 2. The van der Waals surface area contributed by atoms with Crippen LogP contribution in [0.2, 0.25) is 0 Å². The van der Waals surface area contributed by atoms with Crippen LogP contribution in [0.15, 0.2) is 36.4 Å². The average molecular weight is 369 g/mol. The molecule has 0 heterocycles. The highest BCUT2D eigenvalue weighted by molar-refractivity contribution is 5.96. The third-order valence-corrected chi connectivity index (χ3v) is 4.26. The Labute approximate surface area is 160 Å². The van der Waals surface area contributed by atoms with Crippen molar-refractivity contribution in [3.05, 3.63) is 58.7 Å². The molecule has 5 heteroatoms. The maximum atomic E-state index is 12.4. The smallest absolute Gasteiger partial charge is 0.310 e. The molecule has 0 aromatic heterocycles. The van der Waals surface area contributed by atoms with Gasteiger partial charge in [0.25, 0.3) is 5.91 Å². The van der Waals surface area contributed by atoms with E-state index < -0.39 is 12.1 Å². The van der Waals surface area contributed by atoms with Gasteiger partial charge < -0.3 is 14.8 Å². The van der Waals surface area contributed by atoms with Gasteiger partial charge in [-0.1, -0.05) is 35.9 Å². The molecule has 0 aliphatic rings. The molecule has 0 fully saturated rings. The summed E-state index contributed by atoms with van der Waals surface area (Å²) in [5, 5.41) is 2.85. The number of esters is 1. The highest BCUT2D eigenvalue weighted by Gasteiger charge is 2.19. The SMILES string of the molecule is Cc1cc(C)c(NC(=O)C(C)OC(=O)CCOc2ccccc2C)c(C)c1. The zero-order chi connectivity index (χ0) is 20.0. The number of carbonyl (C=O) groups is 2. The minimum Gasteiger partial charge on any atom is -0.493 e. The van der Waals surface area contributed by atoms with Gasteiger partial charge in [0.15, 0.2) is 6.10 Å². The Morgan fingerprint density at radius 3 is 2.26 bits per heavy atom. The predicted octanol–water partition coefficient (Wildman–Crippen LogP) is 4.26. The summed E-state index contributed by atoms with van der Waals surface area (Å²) in [5.74, 6) is -0.0803. The lowest BCUT2D eigenvalue weighted by Crippen LogP contribution is -2.30. The Bertz CT molecular complexity index is 806. The monoisotopic (exact) mass is 369 g/mol. The normalized spacial score (nSPS) is 11.6. The summed E-state index contributed by atoms with van der Waals surface area (Å²) >= 11 is 0. The van der Waals surface area contributed by atoms with Crippen molar-refractivity contribution in [2.75, 3.05) is 11.9 Å². The van der Waals surface area contributed by atoms with Crippen LogP contribution in [0.4, 0.5) is 5.69 Å². The summed E-state index contributed by atoms with van der Waals surface area (Å²) in [6, 6.07) is 11.6. The van der Waals surface area contributed by atoms with Gasteiger partial charge in [-0.3, -0.25) is 9.59 Å². The Morgan fingerprint density at radius 1 is 1.00 bits per heavy atom. The highest BCUT2D eigenvalue weighted by Crippen LogP contribution is 2.22. The highest BCUT2D eigenvalue weighted by atomic mass is 16.5. The largest absolute Gasteiger partial charge is 0.493 e. The minimum absolute atomic E-state index is 0.0779. The first-order chi connectivity index (χ1) is 12.8. The number of rotatable bonds is 7. The first kappa shape index (κ1) is 20.5. The number of hydrogen-bond acceptors (Lipinski definition) is 4. The molecule has 0 radical (unpaired) electrons. The summed E-state index contributed by atoms with van der Waals surface area (Å²) in [4.78, 5) is 24.3. The maximum Gasteiger partial charge on any atom is 0.310 e. The summed E-state index contributed by atoms with van der Waals surface area (Å²) in [6.45, 7) is 9.59. The number of nitrogens with one attached hydrogen (secondary N) is 1. The number of anilines is 1.